The van der Waals surface area contributed by atoms with Crippen LogP contribution in [0.5, 0.6) is 0 Å². The standard InChI is InChI=1S/C36H52N2O12/c39-34(10-11-35(40)41)37-12-5-14-43-16-18-45-20-22-47-24-26-49-27-25-48-23-21-46-19-17-44-15-13-38-36(42)50-28-33-31-8-3-1-6-29(31)30-7-2-4-9-32(30)33/h1-4,6-9,33H,5,10-28H2,(H,37,39)(H,38,42)(H,40,41). The highest BCUT2D eigenvalue weighted by atomic mass is 16.6. The maximum absolute atomic E-state index is 12.2. The summed E-state index contributed by atoms with van der Waals surface area (Å²) in [6.07, 6.45) is 0.00311. The number of ether oxygens (including phenoxy) is 8. The van der Waals surface area contributed by atoms with E-state index in [0.717, 1.165) is 0 Å². The second-order valence-electron chi connectivity index (χ2n) is 11.1. The molecule has 0 saturated carbocycles. The molecule has 3 rings (SSSR count). The molecule has 0 fully saturated rings. The Balaban J connectivity index is 0.985. The van der Waals surface area contributed by atoms with Crippen LogP contribution in [-0.4, -0.2) is 135 Å². The first-order valence-corrected chi connectivity index (χ1v) is 17.2. The molecule has 0 heterocycles. The molecular formula is C36H52N2O12. The van der Waals surface area contributed by atoms with Crippen LogP contribution in [0.2, 0.25) is 0 Å². The predicted molar refractivity (Wildman–Crippen MR) is 183 cm³/mol. The smallest absolute Gasteiger partial charge is 0.407 e. The van der Waals surface area contributed by atoms with Crippen molar-refractivity contribution < 1.29 is 57.4 Å². The van der Waals surface area contributed by atoms with Crippen LogP contribution in [-0.2, 0) is 47.5 Å². The van der Waals surface area contributed by atoms with Crippen LogP contribution < -0.4 is 10.6 Å². The zero-order valence-corrected chi connectivity index (χ0v) is 28.8. The molecule has 2 aromatic rings. The number of fused-ring (bicyclic) bond motifs is 3. The van der Waals surface area contributed by atoms with E-state index in [1.54, 1.807) is 0 Å². The highest BCUT2D eigenvalue weighted by Gasteiger charge is 2.28. The maximum atomic E-state index is 12.2. The van der Waals surface area contributed by atoms with Crippen molar-refractivity contribution in [3.8, 4) is 11.1 Å². The van der Waals surface area contributed by atoms with Gasteiger partial charge in [-0.25, -0.2) is 4.79 Å². The summed E-state index contributed by atoms with van der Waals surface area (Å²) in [5.74, 6) is -1.23. The first-order chi connectivity index (χ1) is 24.6. The lowest BCUT2D eigenvalue weighted by molar-refractivity contribution is -0.138. The van der Waals surface area contributed by atoms with Crippen molar-refractivity contribution in [1.82, 2.24) is 10.6 Å². The molecule has 0 bridgehead atoms. The van der Waals surface area contributed by atoms with E-state index >= 15 is 0 Å². The molecule has 0 radical (unpaired) electrons. The van der Waals surface area contributed by atoms with Gasteiger partial charge in [-0.05, 0) is 28.7 Å². The van der Waals surface area contributed by atoms with E-state index in [-0.39, 0.29) is 31.3 Å². The van der Waals surface area contributed by atoms with E-state index in [2.05, 4.69) is 34.9 Å². The number of benzene rings is 2. The van der Waals surface area contributed by atoms with Gasteiger partial charge in [0.1, 0.15) is 6.61 Å². The number of amides is 2. The number of aliphatic carboxylic acids is 1. The molecule has 3 N–H and O–H groups in total. The van der Waals surface area contributed by atoms with E-state index in [4.69, 9.17) is 43.0 Å². The highest BCUT2D eigenvalue weighted by molar-refractivity contribution is 5.80. The fraction of sp³-hybridized carbons (Fsp3) is 0.583. The Morgan fingerprint density at radius 1 is 0.540 bits per heavy atom. The predicted octanol–water partition coefficient (Wildman–Crippen LogP) is 3.01. The van der Waals surface area contributed by atoms with Crippen molar-refractivity contribution in [2.45, 2.75) is 25.2 Å². The second kappa shape index (κ2) is 26.2. The van der Waals surface area contributed by atoms with E-state index in [1.807, 2.05) is 24.3 Å². The first kappa shape index (κ1) is 40.8. The average molecular weight is 705 g/mol. The normalized spacial score (nSPS) is 12.0. The second-order valence-corrected chi connectivity index (χ2v) is 11.1. The number of alkyl carbamates (subject to hydrolysis) is 1. The van der Waals surface area contributed by atoms with Gasteiger partial charge in [0.05, 0.1) is 92.3 Å². The Morgan fingerprint density at radius 3 is 1.46 bits per heavy atom. The molecule has 14 nitrogen and oxygen atoms in total. The minimum atomic E-state index is -0.986. The molecule has 0 aliphatic heterocycles. The third-order valence-corrected chi connectivity index (χ3v) is 7.45. The quantitative estimate of drug-likeness (QED) is 0.102. The summed E-state index contributed by atoms with van der Waals surface area (Å²) < 4.78 is 43.8. The van der Waals surface area contributed by atoms with Crippen molar-refractivity contribution in [2.75, 3.05) is 112 Å². The van der Waals surface area contributed by atoms with E-state index in [1.165, 1.54) is 22.3 Å². The molecule has 1 aliphatic rings. The molecule has 0 spiro atoms. The number of carboxylic acid groups (broad SMARTS) is 1. The van der Waals surface area contributed by atoms with Gasteiger partial charge in [0.15, 0.2) is 0 Å². The number of carboxylic acids is 1. The number of carbonyl (C=O) groups excluding carboxylic acids is 2. The summed E-state index contributed by atoms with van der Waals surface area (Å²) in [4.78, 5) is 34.0. The summed E-state index contributed by atoms with van der Waals surface area (Å²) in [5, 5.41) is 13.9. The van der Waals surface area contributed by atoms with E-state index in [0.29, 0.717) is 112 Å². The lowest BCUT2D eigenvalue weighted by Gasteiger charge is -2.14. The zero-order chi connectivity index (χ0) is 35.5. The Kier molecular flexibility index (Phi) is 21.4. The molecule has 0 saturated heterocycles. The minimum Gasteiger partial charge on any atom is -0.481 e. The van der Waals surface area contributed by atoms with E-state index in [9.17, 15) is 14.4 Å². The lowest BCUT2D eigenvalue weighted by atomic mass is 9.98. The van der Waals surface area contributed by atoms with Gasteiger partial charge in [-0.2, -0.15) is 0 Å². The average Bonchev–Trinajstić information content (AvgIpc) is 3.44. The first-order valence-electron chi connectivity index (χ1n) is 17.2. The Bertz CT molecular complexity index is 1200. The van der Waals surface area contributed by atoms with Crippen LogP contribution in [0.25, 0.3) is 11.1 Å². The summed E-state index contributed by atoms with van der Waals surface area (Å²) in [5.41, 5.74) is 4.75. The lowest BCUT2D eigenvalue weighted by Crippen LogP contribution is -2.29. The maximum Gasteiger partial charge on any atom is 0.407 e. The van der Waals surface area contributed by atoms with Crippen LogP contribution in [0.15, 0.2) is 48.5 Å². The monoisotopic (exact) mass is 704 g/mol. The molecule has 2 aromatic carbocycles. The third kappa shape index (κ3) is 17.3. The van der Waals surface area contributed by atoms with Gasteiger partial charge >= 0.3 is 12.1 Å². The number of carbonyl (C=O) groups is 3. The summed E-state index contributed by atoms with van der Waals surface area (Å²) >= 11 is 0. The van der Waals surface area contributed by atoms with Crippen LogP contribution in [0, 0.1) is 0 Å². The molecule has 0 atom stereocenters. The molecule has 0 unspecified atom stereocenters. The van der Waals surface area contributed by atoms with Gasteiger partial charge in [0, 0.05) is 32.0 Å². The van der Waals surface area contributed by atoms with Crippen LogP contribution in [0.4, 0.5) is 4.79 Å². The van der Waals surface area contributed by atoms with Crippen molar-refractivity contribution in [3.63, 3.8) is 0 Å². The molecule has 14 heteroatoms. The van der Waals surface area contributed by atoms with Gasteiger partial charge in [-0.15, -0.1) is 0 Å². The van der Waals surface area contributed by atoms with Crippen molar-refractivity contribution >= 4 is 18.0 Å². The van der Waals surface area contributed by atoms with Crippen LogP contribution in [0.3, 0.4) is 0 Å². The fourth-order valence-electron chi connectivity index (χ4n) is 5.01. The fourth-order valence-corrected chi connectivity index (χ4v) is 5.01. The number of hydrogen-bond acceptors (Lipinski definition) is 11. The highest BCUT2D eigenvalue weighted by Crippen LogP contribution is 2.44. The molecule has 2 amide bonds. The SMILES string of the molecule is O=C(O)CCC(=O)NCCCOCCOCCOCCOCCOCCOCCOCCNC(=O)OCC1c2ccccc2-c2ccccc21. The van der Waals surface area contributed by atoms with Crippen molar-refractivity contribution in [3.05, 3.63) is 59.7 Å². The minimum absolute atomic E-state index is 0.0143. The van der Waals surface area contributed by atoms with Crippen molar-refractivity contribution in [2.24, 2.45) is 0 Å². The van der Waals surface area contributed by atoms with Gasteiger partial charge in [-0.3, -0.25) is 9.59 Å². The molecule has 0 aromatic heterocycles. The molecule has 1 aliphatic carbocycles. The summed E-state index contributed by atoms with van der Waals surface area (Å²) in [6, 6.07) is 16.5. The van der Waals surface area contributed by atoms with Crippen molar-refractivity contribution in [1.29, 1.82) is 0 Å². The van der Waals surface area contributed by atoms with Gasteiger partial charge in [0.25, 0.3) is 0 Å². The summed E-state index contributed by atoms with van der Waals surface area (Å²) in [7, 11) is 0. The Hall–Kier alpha value is -3.63. The van der Waals surface area contributed by atoms with Gasteiger partial charge in [0.2, 0.25) is 5.91 Å². The summed E-state index contributed by atoms with van der Waals surface area (Å²) in [6.45, 7) is 7.31. The van der Waals surface area contributed by atoms with E-state index < -0.39 is 12.1 Å². The zero-order valence-electron chi connectivity index (χ0n) is 28.8. The Morgan fingerprint density at radius 2 is 0.980 bits per heavy atom. The van der Waals surface area contributed by atoms with Gasteiger partial charge in [-0.1, -0.05) is 48.5 Å². The van der Waals surface area contributed by atoms with Crippen LogP contribution in [0.1, 0.15) is 36.3 Å². The molecule has 50 heavy (non-hydrogen) atoms. The molecule has 278 valence electrons. The topological polar surface area (TPSA) is 169 Å². The van der Waals surface area contributed by atoms with Crippen LogP contribution >= 0.6 is 0 Å². The number of rotatable bonds is 30. The number of hydrogen-bond donors (Lipinski definition) is 3. The Labute approximate surface area is 294 Å². The third-order valence-electron chi connectivity index (χ3n) is 7.45. The van der Waals surface area contributed by atoms with Gasteiger partial charge < -0.3 is 53.6 Å². The largest absolute Gasteiger partial charge is 0.481 e. The number of nitrogens with one attached hydrogen (secondary N) is 2. The molecular weight excluding hydrogens is 652 g/mol.